The molecular weight excluding hydrogens is 286 g/mol. The molecule has 1 aromatic rings. The number of nitrogens with zero attached hydrogens (tertiary/aromatic N) is 1. The van der Waals surface area contributed by atoms with E-state index >= 15 is 0 Å². The Kier molecular flexibility index (Phi) is 7.31. The predicted molar refractivity (Wildman–Crippen MR) is 86.9 cm³/mol. The van der Waals surface area contributed by atoms with Crippen LogP contribution in [0.5, 0.6) is 0 Å². The molecule has 0 saturated heterocycles. The van der Waals surface area contributed by atoms with E-state index in [4.69, 9.17) is 5.73 Å². The van der Waals surface area contributed by atoms with Gasteiger partial charge in [0.1, 0.15) is 0 Å². The van der Waals surface area contributed by atoms with Crippen LogP contribution in [0.25, 0.3) is 0 Å². The van der Waals surface area contributed by atoms with Gasteiger partial charge in [-0.05, 0) is 17.9 Å². The molecule has 1 atom stereocenters. The number of benzene rings is 1. The quantitative estimate of drug-likeness (QED) is 0.729. The van der Waals surface area contributed by atoms with Crippen LogP contribution in [0, 0.1) is 5.92 Å². The molecule has 6 heteroatoms. The SMILES string of the molecule is CCN(Cc1ccccc1)S(=O)(=O)NC(CN)CC(C)C. The Morgan fingerprint density at radius 2 is 1.86 bits per heavy atom. The number of rotatable bonds is 9. The van der Waals surface area contributed by atoms with Crippen molar-refractivity contribution in [2.45, 2.75) is 39.8 Å². The molecule has 0 aliphatic heterocycles. The molecule has 5 nitrogen and oxygen atoms in total. The Morgan fingerprint density at radius 3 is 2.33 bits per heavy atom. The van der Waals surface area contributed by atoms with Gasteiger partial charge >= 0.3 is 0 Å². The van der Waals surface area contributed by atoms with Gasteiger partial charge in [0, 0.05) is 25.7 Å². The van der Waals surface area contributed by atoms with Crippen LogP contribution in [0.2, 0.25) is 0 Å². The highest BCUT2D eigenvalue weighted by Gasteiger charge is 2.24. The third kappa shape index (κ3) is 6.13. The third-order valence-electron chi connectivity index (χ3n) is 3.25. The van der Waals surface area contributed by atoms with E-state index in [1.54, 1.807) is 0 Å². The summed E-state index contributed by atoms with van der Waals surface area (Å²) in [6.07, 6.45) is 0.735. The average molecular weight is 313 g/mol. The van der Waals surface area contributed by atoms with Gasteiger partial charge in [-0.25, -0.2) is 0 Å². The Hall–Kier alpha value is -0.950. The maximum absolute atomic E-state index is 12.5. The molecule has 0 radical (unpaired) electrons. The van der Waals surface area contributed by atoms with Crippen molar-refractivity contribution < 1.29 is 8.42 Å². The van der Waals surface area contributed by atoms with E-state index in [0.717, 1.165) is 12.0 Å². The van der Waals surface area contributed by atoms with Crippen LogP contribution < -0.4 is 10.5 Å². The first-order chi connectivity index (χ1) is 9.89. The molecule has 1 rings (SSSR count). The number of nitrogens with two attached hydrogens (primary N) is 1. The van der Waals surface area contributed by atoms with Crippen molar-refractivity contribution >= 4 is 10.2 Å². The summed E-state index contributed by atoms with van der Waals surface area (Å²) in [6.45, 7) is 7.04. The van der Waals surface area contributed by atoms with Crippen LogP contribution in [0.4, 0.5) is 0 Å². The number of hydrogen-bond donors (Lipinski definition) is 2. The van der Waals surface area contributed by atoms with Gasteiger partial charge in [-0.15, -0.1) is 0 Å². The summed E-state index contributed by atoms with van der Waals surface area (Å²) >= 11 is 0. The molecule has 0 spiro atoms. The maximum atomic E-state index is 12.5. The molecule has 0 aromatic heterocycles. The van der Waals surface area contributed by atoms with Crippen LogP contribution in [-0.4, -0.2) is 31.9 Å². The summed E-state index contributed by atoms with van der Waals surface area (Å²) in [4.78, 5) is 0. The van der Waals surface area contributed by atoms with E-state index in [0.29, 0.717) is 25.6 Å². The van der Waals surface area contributed by atoms with E-state index in [1.165, 1.54) is 4.31 Å². The highest BCUT2D eigenvalue weighted by molar-refractivity contribution is 7.87. The van der Waals surface area contributed by atoms with E-state index in [2.05, 4.69) is 18.6 Å². The molecule has 0 heterocycles. The van der Waals surface area contributed by atoms with Crippen molar-refractivity contribution in [2.75, 3.05) is 13.1 Å². The normalized spacial score (nSPS) is 13.8. The minimum atomic E-state index is -3.52. The van der Waals surface area contributed by atoms with Gasteiger partial charge in [0.15, 0.2) is 0 Å². The lowest BCUT2D eigenvalue weighted by Crippen LogP contribution is -2.48. The lowest BCUT2D eigenvalue weighted by Gasteiger charge is -2.25. The van der Waals surface area contributed by atoms with Crippen molar-refractivity contribution in [1.82, 2.24) is 9.03 Å². The Labute approximate surface area is 128 Å². The van der Waals surface area contributed by atoms with Gasteiger partial charge in [-0.3, -0.25) is 0 Å². The lowest BCUT2D eigenvalue weighted by atomic mass is 10.1. The van der Waals surface area contributed by atoms with Crippen molar-refractivity contribution in [1.29, 1.82) is 0 Å². The second kappa shape index (κ2) is 8.48. The Bertz CT molecular complexity index is 503. The molecule has 0 bridgehead atoms. The minimum absolute atomic E-state index is 0.222. The Balaban J connectivity index is 2.77. The summed E-state index contributed by atoms with van der Waals surface area (Å²) in [5.41, 5.74) is 6.65. The van der Waals surface area contributed by atoms with Gasteiger partial charge in [0.2, 0.25) is 0 Å². The minimum Gasteiger partial charge on any atom is -0.329 e. The Morgan fingerprint density at radius 1 is 1.24 bits per heavy atom. The van der Waals surface area contributed by atoms with Crippen molar-refractivity contribution in [3.05, 3.63) is 35.9 Å². The average Bonchev–Trinajstić information content (AvgIpc) is 2.44. The van der Waals surface area contributed by atoms with Gasteiger partial charge in [-0.2, -0.15) is 17.4 Å². The first-order valence-electron chi connectivity index (χ1n) is 7.40. The van der Waals surface area contributed by atoms with Gasteiger partial charge in [0.25, 0.3) is 10.2 Å². The third-order valence-corrected chi connectivity index (χ3v) is 4.95. The molecule has 0 aliphatic rings. The maximum Gasteiger partial charge on any atom is 0.280 e. The lowest BCUT2D eigenvalue weighted by molar-refractivity contribution is 0.394. The zero-order valence-corrected chi connectivity index (χ0v) is 13.9. The molecule has 3 N–H and O–H groups in total. The summed E-state index contributed by atoms with van der Waals surface area (Å²) in [7, 11) is -3.52. The molecule has 1 unspecified atom stereocenters. The van der Waals surface area contributed by atoms with Gasteiger partial charge in [-0.1, -0.05) is 51.1 Å². The fraction of sp³-hybridized carbons (Fsp3) is 0.600. The molecule has 1 aromatic carbocycles. The molecular formula is C15H27N3O2S. The second-order valence-corrected chi connectivity index (χ2v) is 7.30. The predicted octanol–water partition coefficient (Wildman–Crippen LogP) is 1.72. The largest absolute Gasteiger partial charge is 0.329 e. The molecule has 0 amide bonds. The highest BCUT2D eigenvalue weighted by atomic mass is 32.2. The molecule has 120 valence electrons. The smallest absolute Gasteiger partial charge is 0.280 e. The van der Waals surface area contributed by atoms with Crippen molar-refractivity contribution in [2.24, 2.45) is 11.7 Å². The fourth-order valence-corrected chi connectivity index (χ4v) is 3.62. The van der Waals surface area contributed by atoms with Crippen molar-refractivity contribution in [3.8, 4) is 0 Å². The topological polar surface area (TPSA) is 75.4 Å². The van der Waals surface area contributed by atoms with E-state index in [-0.39, 0.29) is 6.04 Å². The second-order valence-electron chi connectivity index (χ2n) is 5.60. The monoisotopic (exact) mass is 313 g/mol. The first-order valence-corrected chi connectivity index (χ1v) is 8.84. The van der Waals surface area contributed by atoms with E-state index in [1.807, 2.05) is 37.3 Å². The van der Waals surface area contributed by atoms with Crippen molar-refractivity contribution in [3.63, 3.8) is 0 Å². The van der Waals surface area contributed by atoms with Gasteiger partial charge < -0.3 is 5.73 Å². The van der Waals surface area contributed by atoms with E-state index in [9.17, 15) is 8.42 Å². The summed E-state index contributed by atoms with van der Waals surface area (Å²) in [5, 5.41) is 0. The summed E-state index contributed by atoms with van der Waals surface area (Å²) < 4.78 is 29.1. The highest BCUT2D eigenvalue weighted by Crippen LogP contribution is 2.10. The molecule has 0 aliphatic carbocycles. The van der Waals surface area contributed by atoms with Crippen LogP contribution in [0.3, 0.4) is 0 Å². The van der Waals surface area contributed by atoms with Crippen LogP contribution in [-0.2, 0) is 16.8 Å². The molecule has 0 fully saturated rings. The number of hydrogen-bond acceptors (Lipinski definition) is 3. The first kappa shape index (κ1) is 18.1. The van der Waals surface area contributed by atoms with E-state index < -0.39 is 10.2 Å². The summed E-state index contributed by atoms with van der Waals surface area (Å²) in [6, 6.07) is 9.36. The zero-order chi connectivity index (χ0) is 15.9. The number of nitrogens with one attached hydrogen (secondary N) is 1. The van der Waals surface area contributed by atoms with Crippen LogP contribution in [0.1, 0.15) is 32.8 Å². The van der Waals surface area contributed by atoms with Crippen LogP contribution in [0.15, 0.2) is 30.3 Å². The molecule has 0 saturated carbocycles. The van der Waals surface area contributed by atoms with Crippen LogP contribution >= 0.6 is 0 Å². The van der Waals surface area contributed by atoms with Gasteiger partial charge in [0.05, 0.1) is 0 Å². The zero-order valence-electron chi connectivity index (χ0n) is 13.1. The fourth-order valence-electron chi connectivity index (χ4n) is 2.20. The molecule has 21 heavy (non-hydrogen) atoms. The summed E-state index contributed by atoms with van der Waals surface area (Å²) in [5.74, 6) is 0.394. The standard InChI is InChI=1S/C15H27N3O2S/c1-4-18(12-14-8-6-5-7-9-14)21(19,20)17-15(11-16)10-13(2)3/h5-9,13,15,17H,4,10-12,16H2,1-3H3.